The molecule has 0 saturated heterocycles. The summed E-state index contributed by atoms with van der Waals surface area (Å²) < 4.78 is 0. The zero-order chi connectivity index (χ0) is 20.5. The highest BCUT2D eigenvalue weighted by atomic mass is 35.5. The van der Waals surface area contributed by atoms with Crippen molar-refractivity contribution in [2.24, 2.45) is 0 Å². The second-order valence-corrected chi connectivity index (χ2v) is 8.20. The molecule has 0 radical (unpaired) electrons. The van der Waals surface area contributed by atoms with Crippen molar-refractivity contribution in [3.05, 3.63) is 98.4 Å². The number of pyridine rings is 2. The Labute approximate surface area is 183 Å². The molecule has 3 nitrogen and oxygen atoms in total. The van der Waals surface area contributed by atoms with Crippen LogP contribution in [0.5, 0.6) is 5.75 Å². The van der Waals surface area contributed by atoms with Gasteiger partial charge in [-0.15, -0.1) is 0 Å². The molecule has 4 aromatic rings. The van der Waals surface area contributed by atoms with Gasteiger partial charge in [0.25, 0.3) is 0 Å². The van der Waals surface area contributed by atoms with Crippen LogP contribution in [0.15, 0.2) is 60.9 Å². The van der Waals surface area contributed by atoms with Gasteiger partial charge < -0.3 is 5.11 Å². The molecule has 2 heterocycles. The Bertz CT molecular complexity index is 1210. The van der Waals surface area contributed by atoms with Crippen LogP contribution in [0.1, 0.15) is 28.3 Å². The number of halogens is 3. The van der Waals surface area contributed by atoms with Gasteiger partial charge in [-0.2, -0.15) is 0 Å². The fourth-order valence-electron chi connectivity index (χ4n) is 3.57. The minimum atomic E-state index is -0.264. The second-order valence-electron chi connectivity index (χ2n) is 6.92. The van der Waals surface area contributed by atoms with Crippen molar-refractivity contribution in [2.75, 3.05) is 0 Å². The maximum Gasteiger partial charge on any atom is 0.145 e. The highest BCUT2D eigenvalue weighted by Crippen LogP contribution is 2.41. The van der Waals surface area contributed by atoms with Crippen LogP contribution >= 0.6 is 34.8 Å². The number of phenolic OH excluding ortho intramolecular Hbond substituents is 1. The summed E-state index contributed by atoms with van der Waals surface area (Å²) in [5.41, 5.74) is 3.93. The van der Waals surface area contributed by atoms with Crippen LogP contribution in [0.2, 0.25) is 15.1 Å². The average molecular weight is 444 g/mol. The summed E-state index contributed by atoms with van der Waals surface area (Å²) in [5, 5.41) is 13.7. The van der Waals surface area contributed by atoms with Crippen LogP contribution in [0, 0.1) is 6.92 Å². The first kappa shape index (κ1) is 20.0. The summed E-state index contributed by atoms with van der Waals surface area (Å²) in [6.45, 7) is 1.96. The zero-order valence-electron chi connectivity index (χ0n) is 15.5. The first-order valence-electron chi connectivity index (χ1n) is 9.06. The molecule has 2 aromatic heterocycles. The van der Waals surface area contributed by atoms with Gasteiger partial charge in [-0.1, -0.05) is 53.0 Å². The summed E-state index contributed by atoms with van der Waals surface area (Å²) in [4.78, 5) is 8.86. The summed E-state index contributed by atoms with van der Waals surface area (Å²) >= 11 is 18.9. The molecule has 0 saturated carbocycles. The molecule has 4 rings (SSSR count). The summed E-state index contributed by atoms with van der Waals surface area (Å²) in [5.74, 6) is -0.129. The first-order chi connectivity index (χ1) is 13.9. The largest absolute Gasteiger partial charge is 0.505 e. The Morgan fingerprint density at radius 3 is 2.55 bits per heavy atom. The molecule has 6 heteroatoms. The lowest BCUT2D eigenvalue weighted by atomic mass is 9.85. The lowest BCUT2D eigenvalue weighted by molar-refractivity contribution is 0.469. The SMILES string of the molecule is Cc1cc(Cl)cnc1CC(c1cc(Cl)ccc1Cl)c1ccc2cccnc2c1O. The zero-order valence-corrected chi connectivity index (χ0v) is 17.8. The molecule has 0 aliphatic heterocycles. The molecule has 146 valence electrons. The van der Waals surface area contributed by atoms with Gasteiger partial charge >= 0.3 is 0 Å². The molecular weight excluding hydrogens is 427 g/mol. The molecule has 29 heavy (non-hydrogen) atoms. The Hall–Kier alpha value is -2.33. The van der Waals surface area contributed by atoms with Gasteiger partial charge in [0.05, 0.1) is 5.02 Å². The summed E-state index contributed by atoms with van der Waals surface area (Å²) in [6.07, 6.45) is 3.81. The number of phenols is 1. The predicted octanol–water partition coefficient (Wildman–Crippen LogP) is 6.98. The van der Waals surface area contributed by atoms with Crippen molar-refractivity contribution in [3.8, 4) is 5.75 Å². The summed E-state index contributed by atoms with van der Waals surface area (Å²) in [6, 6.07) is 14.8. The van der Waals surface area contributed by atoms with Crippen molar-refractivity contribution in [1.29, 1.82) is 0 Å². The smallest absolute Gasteiger partial charge is 0.145 e. The number of fused-ring (bicyclic) bond motifs is 1. The number of hydrogen-bond donors (Lipinski definition) is 1. The maximum atomic E-state index is 11.1. The van der Waals surface area contributed by atoms with E-state index >= 15 is 0 Å². The van der Waals surface area contributed by atoms with E-state index in [1.54, 1.807) is 24.5 Å². The van der Waals surface area contributed by atoms with Crippen molar-refractivity contribution in [2.45, 2.75) is 19.3 Å². The molecule has 0 spiro atoms. The van der Waals surface area contributed by atoms with Crippen LogP contribution in [-0.2, 0) is 6.42 Å². The van der Waals surface area contributed by atoms with E-state index in [1.165, 1.54) is 0 Å². The Morgan fingerprint density at radius 1 is 0.931 bits per heavy atom. The molecule has 1 N–H and O–H groups in total. The fourth-order valence-corrected chi connectivity index (χ4v) is 4.21. The number of aromatic hydroxyl groups is 1. The molecule has 0 bridgehead atoms. The molecule has 0 fully saturated rings. The van der Waals surface area contributed by atoms with E-state index in [1.807, 2.05) is 43.3 Å². The Morgan fingerprint density at radius 2 is 1.76 bits per heavy atom. The second kappa shape index (κ2) is 8.19. The van der Waals surface area contributed by atoms with Crippen LogP contribution < -0.4 is 0 Å². The minimum absolute atomic E-state index is 0.135. The van der Waals surface area contributed by atoms with E-state index in [0.29, 0.717) is 27.0 Å². The third-order valence-corrected chi connectivity index (χ3v) is 5.82. The molecule has 0 aliphatic rings. The molecule has 2 aromatic carbocycles. The van der Waals surface area contributed by atoms with Crippen LogP contribution in [-0.4, -0.2) is 15.1 Å². The lowest BCUT2D eigenvalue weighted by Crippen LogP contribution is -2.09. The molecule has 0 amide bonds. The fraction of sp³-hybridized carbons (Fsp3) is 0.130. The van der Waals surface area contributed by atoms with E-state index in [0.717, 1.165) is 27.8 Å². The Kier molecular flexibility index (Phi) is 5.64. The number of aromatic nitrogens is 2. The number of hydrogen-bond acceptors (Lipinski definition) is 3. The maximum absolute atomic E-state index is 11.1. The van der Waals surface area contributed by atoms with E-state index < -0.39 is 0 Å². The van der Waals surface area contributed by atoms with Crippen molar-refractivity contribution in [3.63, 3.8) is 0 Å². The van der Waals surface area contributed by atoms with Crippen molar-refractivity contribution in [1.82, 2.24) is 9.97 Å². The van der Waals surface area contributed by atoms with Crippen LogP contribution in [0.4, 0.5) is 0 Å². The van der Waals surface area contributed by atoms with Gasteiger partial charge in [0.1, 0.15) is 11.3 Å². The van der Waals surface area contributed by atoms with E-state index in [4.69, 9.17) is 34.8 Å². The Balaban J connectivity index is 1.91. The molecular formula is C23H17Cl3N2O. The molecule has 0 aliphatic carbocycles. The van der Waals surface area contributed by atoms with Crippen LogP contribution in [0.25, 0.3) is 10.9 Å². The van der Waals surface area contributed by atoms with Crippen LogP contribution in [0.3, 0.4) is 0 Å². The lowest BCUT2D eigenvalue weighted by Gasteiger charge is -2.22. The van der Waals surface area contributed by atoms with Gasteiger partial charge in [0, 0.05) is 51.4 Å². The number of benzene rings is 2. The third-order valence-electron chi connectivity index (χ3n) is 5.04. The van der Waals surface area contributed by atoms with E-state index in [-0.39, 0.29) is 11.7 Å². The summed E-state index contributed by atoms with van der Waals surface area (Å²) in [7, 11) is 0. The van der Waals surface area contributed by atoms with Crippen molar-refractivity contribution >= 4 is 45.7 Å². The average Bonchev–Trinajstić information content (AvgIpc) is 2.70. The normalized spacial score (nSPS) is 12.3. The predicted molar refractivity (Wildman–Crippen MR) is 119 cm³/mol. The first-order valence-corrected chi connectivity index (χ1v) is 10.2. The van der Waals surface area contributed by atoms with Crippen molar-refractivity contribution < 1.29 is 5.11 Å². The van der Waals surface area contributed by atoms with Gasteiger partial charge in [0.2, 0.25) is 0 Å². The number of aryl methyl sites for hydroxylation is 1. The van der Waals surface area contributed by atoms with Gasteiger partial charge in [0.15, 0.2) is 0 Å². The number of rotatable bonds is 4. The molecule has 1 atom stereocenters. The van der Waals surface area contributed by atoms with Gasteiger partial charge in [-0.25, -0.2) is 0 Å². The molecule has 1 unspecified atom stereocenters. The highest BCUT2D eigenvalue weighted by molar-refractivity contribution is 6.33. The standard InChI is InChI=1S/C23H17Cl3N2O/c1-13-9-16(25)12-28-21(13)11-18(19-10-15(24)5-7-20(19)26)17-6-4-14-3-2-8-27-22(14)23(17)29/h2-10,12,18,29H,11H2,1H3. The van der Waals surface area contributed by atoms with E-state index in [2.05, 4.69) is 9.97 Å². The monoisotopic (exact) mass is 442 g/mol. The van der Waals surface area contributed by atoms with Gasteiger partial charge in [-0.05, 0) is 48.4 Å². The third kappa shape index (κ3) is 4.04. The van der Waals surface area contributed by atoms with E-state index in [9.17, 15) is 5.11 Å². The quantitative estimate of drug-likeness (QED) is 0.370. The highest BCUT2D eigenvalue weighted by Gasteiger charge is 2.24. The number of nitrogens with zero attached hydrogens (tertiary/aromatic N) is 2. The minimum Gasteiger partial charge on any atom is -0.505 e. The van der Waals surface area contributed by atoms with Gasteiger partial charge in [-0.3, -0.25) is 9.97 Å². The topological polar surface area (TPSA) is 46.0 Å².